The van der Waals surface area contributed by atoms with E-state index in [0.717, 1.165) is 4.70 Å². The van der Waals surface area contributed by atoms with Crippen LogP contribution in [0.3, 0.4) is 0 Å². The Morgan fingerprint density at radius 3 is 2.81 bits per heavy atom. The molecule has 0 spiro atoms. The number of hydrogen-bond acceptors (Lipinski definition) is 6. The van der Waals surface area contributed by atoms with Crippen LogP contribution in [0.25, 0.3) is 21.2 Å². The van der Waals surface area contributed by atoms with Crippen molar-refractivity contribution in [3.05, 3.63) is 43.9 Å². The lowest BCUT2D eigenvalue weighted by Crippen LogP contribution is -2.24. The third-order valence-electron chi connectivity index (χ3n) is 3.69. The van der Waals surface area contributed by atoms with E-state index in [1.54, 1.807) is 13.0 Å². The van der Waals surface area contributed by atoms with Crippen LogP contribution in [-0.4, -0.2) is 22.5 Å². The zero-order valence-electron chi connectivity index (χ0n) is 14.1. The standard InChI is InChI=1S/C17H14BrFN2O4S/c1-8-15(25-7-24-9(2)22)14(17(23)21(3)20-8)13-11-6-10(19)4-5-12(11)26-16(13)18/h4-6H,7H2,1-3H3. The Hall–Kier alpha value is -2.26. The van der Waals surface area contributed by atoms with Crippen molar-refractivity contribution >= 4 is 43.3 Å². The van der Waals surface area contributed by atoms with Gasteiger partial charge in [-0.1, -0.05) is 0 Å². The van der Waals surface area contributed by atoms with Crippen LogP contribution >= 0.6 is 27.3 Å². The SMILES string of the molecule is CC(=O)OCOc1c(C)nn(C)c(=O)c1-c1c(Br)sc2ccc(F)cc12. The Balaban J connectivity index is 2.27. The molecule has 1 aromatic carbocycles. The number of halogens is 2. The summed E-state index contributed by atoms with van der Waals surface area (Å²) >= 11 is 4.85. The summed E-state index contributed by atoms with van der Waals surface area (Å²) in [6.07, 6.45) is 0. The highest BCUT2D eigenvalue weighted by Crippen LogP contribution is 2.44. The van der Waals surface area contributed by atoms with E-state index >= 15 is 0 Å². The van der Waals surface area contributed by atoms with Gasteiger partial charge in [0, 0.05) is 29.6 Å². The van der Waals surface area contributed by atoms with E-state index in [9.17, 15) is 14.0 Å². The number of fused-ring (bicyclic) bond motifs is 1. The summed E-state index contributed by atoms with van der Waals surface area (Å²) in [5, 5.41) is 4.71. The van der Waals surface area contributed by atoms with Crippen LogP contribution in [-0.2, 0) is 16.6 Å². The van der Waals surface area contributed by atoms with Crippen LogP contribution in [0.4, 0.5) is 4.39 Å². The molecule has 0 atom stereocenters. The van der Waals surface area contributed by atoms with Crippen molar-refractivity contribution in [3.8, 4) is 16.9 Å². The molecule has 3 rings (SSSR count). The summed E-state index contributed by atoms with van der Waals surface area (Å²) in [5.41, 5.74) is 0.791. The predicted octanol–water partition coefficient (Wildman–Crippen LogP) is 3.77. The molecule has 136 valence electrons. The van der Waals surface area contributed by atoms with Crippen molar-refractivity contribution in [2.45, 2.75) is 13.8 Å². The molecular weight excluding hydrogens is 427 g/mol. The summed E-state index contributed by atoms with van der Waals surface area (Å²) in [6.45, 7) is 2.58. The zero-order valence-corrected chi connectivity index (χ0v) is 16.5. The molecule has 0 unspecified atom stereocenters. The summed E-state index contributed by atoms with van der Waals surface area (Å²) in [6, 6.07) is 4.39. The minimum absolute atomic E-state index is 0.194. The largest absolute Gasteiger partial charge is 0.455 e. The minimum atomic E-state index is -0.509. The first kappa shape index (κ1) is 18.5. The number of carbonyl (C=O) groups excluding carboxylic acids is 1. The van der Waals surface area contributed by atoms with E-state index in [2.05, 4.69) is 21.0 Å². The Morgan fingerprint density at radius 1 is 1.38 bits per heavy atom. The molecular formula is C17H14BrFN2O4S. The van der Waals surface area contributed by atoms with Gasteiger partial charge >= 0.3 is 5.97 Å². The third kappa shape index (κ3) is 3.36. The topological polar surface area (TPSA) is 70.4 Å². The van der Waals surface area contributed by atoms with Crippen molar-refractivity contribution in [2.75, 3.05) is 6.79 Å². The predicted molar refractivity (Wildman–Crippen MR) is 100.0 cm³/mol. The first-order valence-electron chi connectivity index (χ1n) is 7.51. The molecule has 0 aliphatic carbocycles. The van der Waals surface area contributed by atoms with E-state index in [0.29, 0.717) is 20.4 Å². The molecule has 0 aliphatic rings. The van der Waals surface area contributed by atoms with Gasteiger partial charge in [-0.2, -0.15) is 5.10 Å². The van der Waals surface area contributed by atoms with Gasteiger partial charge in [-0.05, 0) is 41.1 Å². The molecule has 0 N–H and O–H groups in total. The Labute approximate surface area is 160 Å². The number of nitrogens with zero attached hydrogens (tertiary/aromatic N) is 2. The van der Waals surface area contributed by atoms with Gasteiger partial charge in [0.15, 0.2) is 5.75 Å². The lowest BCUT2D eigenvalue weighted by molar-refractivity contribution is -0.147. The number of esters is 1. The molecule has 0 saturated heterocycles. The van der Waals surface area contributed by atoms with Crippen LogP contribution < -0.4 is 10.3 Å². The maximum absolute atomic E-state index is 13.8. The summed E-state index contributed by atoms with van der Waals surface area (Å²) < 4.78 is 26.8. The maximum Gasteiger partial charge on any atom is 0.305 e. The summed E-state index contributed by atoms with van der Waals surface area (Å²) in [5.74, 6) is -0.724. The van der Waals surface area contributed by atoms with E-state index in [-0.39, 0.29) is 18.1 Å². The number of carbonyl (C=O) groups is 1. The second-order valence-electron chi connectivity index (χ2n) is 5.51. The van der Waals surface area contributed by atoms with E-state index in [1.807, 2.05) is 0 Å². The minimum Gasteiger partial charge on any atom is -0.455 e. The average molecular weight is 441 g/mol. The molecule has 0 aliphatic heterocycles. The van der Waals surface area contributed by atoms with E-state index < -0.39 is 17.3 Å². The number of rotatable bonds is 4. The smallest absolute Gasteiger partial charge is 0.305 e. The first-order valence-corrected chi connectivity index (χ1v) is 9.12. The maximum atomic E-state index is 13.8. The number of benzene rings is 1. The number of ether oxygens (including phenoxy) is 2. The Bertz CT molecular complexity index is 1080. The average Bonchev–Trinajstić information content (AvgIpc) is 2.87. The summed E-state index contributed by atoms with van der Waals surface area (Å²) in [4.78, 5) is 23.8. The van der Waals surface area contributed by atoms with Crippen LogP contribution in [0.15, 0.2) is 26.8 Å². The lowest BCUT2D eigenvalue weighted by atomic mass is 10.0. The van der Waals surface area contributed by atoms with Crippen molar-refractivity contribution in [3.63, 3.8) is 0 Å². The van der Waals surface area contributed by atoms with Crippen LogP contribution in [0.5, 0.6) is 5.75 Å². The number of aromatic nitrogens is 2. The van der Waals surface area contributed by atoms with E-state index in [1.165, 1.54) is 42.1 Å². The van der Waals surface area contributed by atoms with E-state index in [4.69, 9.17) is 9.47 Å². The fourth-order valence-corrected chi connectivity index (χ4v) is 4.45. The highest BCUT2D eigenvalue weighted by Gasteiger charge is 2.23. The zero-order chi connectivity index (χ0) is 19.0. The number of thiophene rings is 1. The molecule has 0 radical (unpaired) electrons. The lowest BCUT2D eigenvalue weighted by Gasteiger charge is -2.14. The second-order valence-corrected chi connectivity index (χ2v) is 7.88. The number of hydrogen-bond donors (Lipinski definition) is 0. The number of aryl methyl sites for hydroxylation is 2. The van der Waals surface area contributed by atoms with Gasteiger partial charge in [0.25, 0.3) is 5.56 Å². The summed E-state index contributed by atoms with van der Waals surface area (Å²) in [7, 11) is 1.53. The molecule has 3 aromatic rings. The van der Waals surface area contributed by atoms with Crippen LogP contribution in [0.1, 0.15) is 12.6 Å². The normalized spacial score (nSPS) is 11.0. The molecule has 6 nitrogen and oxygen atoms in total. The molecule has 0 amide bonds. The van der Waals surface area contributed by atoms with Gasteiger partial charge in [0.1, 0.15) is 11.5 Å². The fourth-order valence-electron chi connectivity index (χ4n) is 2.60. The second kappa shape index (κ2) is 7.16. The molecule has 0 saturated carbocycles. The van der Waals surface area contributed by atoms with Gasteiger partial charge in [0.2, 0.25) is 6.79 Å². The van der Waals surface area contributed by atoms with Gasteiger partial charge in [-0.3, -0.25) is 9.59 Å². The molecule has 26 heavy (non-hydrogen) atoms. The molecule has 2 aromatic heterocycles. The van der Waals surface area contributed by atoms with Gasteiger partial charge in [0.05, 0.1) is 9.35 Å². The van der Waals surface area contributed by atoms with Crippen molar-refractivity contribution in [1.29, 1.82) is 0 Å². The third-order valence-corrected chi connectivity index (χ3v) is 5.53. The monoisotopic (exact) mass is 440 g/mol. The highest BCUT2D eigenvalue weighted by atomic mass is 79.9. The molecule has 2 heterocycles. The fraction of sp³-hybridized carbons (Fsp3) is 0.235. The van der Waals surface area contributed by atoms with Gasteiger partial charge < -0.3 is 9.47 Å². The van der Waals surface area contributed by atoms with Crippen molar-refractivity contribution < 1.29 is 18.7 Å². The van der Waals surface area contributed by atoms with Gasteiger partial charge in [-0.25, -0.2) is 9.07 Å². The van der Waals surface area contributed by atoms with Crippen LogP contribution in [0, 0.1) is 12.7 Å². The van der Waals surface area contributed by atoms with Crippen LogP contribution in [0.2, 0.25) is 0 Å². The molecule has 9 heteroatoms. The quantitative estimate of drug-likeness (QED) is 0.456. The van der Waals surface area contributed by atoms with Crippen molar-refractivity contribution in [2.24, 2.45) is 7.05 Å². The highest BCUT2D eigenvalue weighted by molar-refractivity contribution is 9.11. The van der Waals surface area contributed by atoms with Gasteiger partial charge in [-0.15, -0.1) is 11.3 Å². The Morgan fingerprint density at radius 2 is 2.12 bits per heavy atom. The Kier molecular flexibility index (Phi) is 5.10. The molecule has 0 fully saturated rings. The van der Waals surface area contributed by atoms with Crippen molar-refractivity contribution in [1.82, 2.24) is 9.78 Å². The molecule has 0 bridgehead atoms. The first-order chi connectivity index (χ1) is 12.3.